The summed E-state index contributed by atoms with van der Waals surface area (Å²) in [6.45, 7) is 2.93. The molecule has 1 saturated carbocycles. The molecule has 2 heterocycles. The fourth-order valence-electron chi connectivity index (χ4n) is 2.22. The second kappa shape index (κ2) is 6.40. The van der Waals surface area contributed by atoms with Gasteiger partial charge in [-0.25, -0.2) is 4.98 Å². The Morgan fingerprint density at radius 1 is 1.29 bits per heavy atom. The molecule has 2 N–H and O–H groups in total. The maximum Gasteiger partial charge on any atom is 0.289 e. The van der Waals surface area contributed by atoms with Crippen molar-refractivity contribution in [3.8, 4) is 0 Å². The van der Waals surface area contributed by atoms with Crippen LogP contribution < -0.4 is 15.8 Å². The molecule has 8 heteroatoms. The number of amides is 2. The lowest BCUT2D eigenvalue weighted by molar-refractivity contribution is -0.128. The average Bonchev–Trinajstić information content (AvgIpc) is 2.94. The van der Waals surface area contributed by atoms with Gasteiger partial charge in [0.15, 0.2) is 5.13 Å². The Labute approximate surface area is 126 Å². The van der Waals surface area contributed by atoms with Gasteiger partial charge >= 0.3 is 0 Å². The van der Waals surface area contributed by atoms with Crippen LogP contribution >= 0.6 is 11.3 Å². The van der Waals surface area contributed by atoms with Crippen LogP contribution in [0.1, 0.15) is 29.8 Å². The van der Waals surface area contributed by atoms with Gasteiger partial charge in [0.2, 0.25) is 5.91 Å². The summed E-state index contributed by atoms with van der Waals surface area (Å²) < 4.78 is 5.29. The first kappa shape index (κ1) is 14.3. The number of carbonyl (C=O) groups excluding carboxylic acids is 2. The van der Waals surface area contributed by atoms with E-state index in [-0.39, 0.29) is 17.7 Å². The smallest absolute Gasteiger partial charge is 0.289 e. The molecule has 2 aliphatic rings. The molecule has 0 spiro atoms. The predicted octanol–water partition coefficient (Wildman–Crippen LogP) is 0.541. The first-order valence-electron chi connectivity index (χ1n) is 7.12. The summed E-state index contributed by atoms with van der Waals surface area (Å²) in [5.41, 5.74) is 5.22. The third kappa shape index (κ3) is 3.33. The minimum atomic E-state index is -0.376. The standard InChI is InChI=1S/C13H18N4O3S/c18-11(9-2-1-3-9)15-16-12(19)10-8-21-13(14-10)17-4-6-20-7-5-17/h8-9H,1-7H2,(H,15,18)(H,16,19). The largest absolute Gasteiger partial charge is 0.378 e. The van der Waals surface area contributed by atoms with E-state index in [0.717, 1.165) is 37.5 Å². The minimum absolute atomic E-state index is 0.0460. The fourth-order valence-corrected chi connectivity index (χ4v) is 3.08. The molecule has 0 atom stereocenters. The predicted molar refractivity (Wildman–Crippen MR) is 78.1 cm³/mol. The van der Waals surface area contributed by atoms with Crippen LogP contribution in [-0.2, 0) is 9.53 Å². The van der Waals surface area contributed by atoms with Crippen LogP contribution in [0.5, 0.6) is 0 Å². The van der Waals surface area contributed by atoms with Crippen molar-refractivity contribution < 1.29 is 14.3 Å². The Morgan fingerprint density at radius 3 is 2.71 bits per heavy atom. The number of hydrazine groups is 1. The molecule has 0 aromatic carbocycles. The molecule has 0 bridgehead atoms. The topological polar surface area (TPSA) is 83.6 Å². The highest BCUT2D eigenvalue weighted by molar-refractivity contribution is 7.13. The Kier molecular flexibility index (Phi) is 4.35. The number of ether oxygens (including phenoxy) is 1. The van der Waals surface area contributed by atoms with Gasteiger partial charge < -0.3 is 9.64 Å². The number of nitrogens with zero attached hydrogens (tertiary/aromatic N) is 2. The molecule has 1 aromatic heterocycles. The number of hydrogen-bond acceptors (Lipinski definition) is 6. The summed E-state index contributed by atoms with van der Waals surface area (Å²) >= 11 is 1.43. The van der Waals surface area contributed by atoms with Crippen LogP contribution in [0.25, 0.3) is 0 Å². The second-order valence-corrected chi connectivity index (χ2v) is 6.02. The van der Waals surface area contributed by atoms with Gasteiger partial charge in [-0.15, -0.1) is 11.3 Å². The van der Waals surface area contributed by atoms with Crippen molar-refractivity contribution in [1.29, 1.82) is 0 Å². The highest BCUT2D eigenvalue weighted by Crippen LogP contribution is 2.26. The first-order chi connectivity index (χ1) is 10.2. The van der Waals surface area contributed by atoms with Gasteiger partial charge in [0.1, 0.15) is 5.69 Å². The molecular formula is C13H18N4O3S. The van der Waals surface area contributed by atoms with Crippen molar-refractivity contribution in [1.82, 2.24) is 15.8 Å². The van der Waals surface area contributed by atoms with Crippen LogP contribution in [0.15, 0.2) is 5.38 Å². The zero-order valence-corrected chi connectivity index (χ0v) is 12.4. The van der Waals surface area contributed by atoms with Gasteiger partial charge in [-0.3, -0.25) is 20.4 Å². The highest BCUT2D eigenvalue weighted by atomic mass is 32.1. The third-order valence-electron chi connectivity index (χ3n) is 3.78. The molecule has 0 radical (unpaired) electrons. The second-order valence-electron chi connectivity index (χ2n) is 5.19. The van der Waals surface area contributed by atoms with Crippen LogP contribution in [0.2, 0.25) is 0 Å². The minimum Gasteiger partial charge on any atom is -0.378 e. The summed E-state index contributed by atoms with van der Waals surface area (Å²) in [4.78, 5) is 30.0. The molecule has 1 aliphatic carbocycles. The van der Waals surface area contributed by atoms with Gasteiger partial charge in [0.25, 0.3) is 5.91 Å². The van der Waals surface area contributed by atoms with E-state index in [1.54, 1.807) is 5.38 Å². The Morgan fingerprint density at radius 2 is 2.05 bits per heavy atom. The Hall–Kier alpha value is -1.67. The number of thiazole rings is 1. The lowest BCUT2D eigenvalue weighted by Crippen LogP contribution is -2.46. The highest BCUT2D eigenvalue weighted by Gasteiger charge is 2.25. The van der Waals surface area contributed by atoms with Crippen molar-refractivity contribution in [2.24, 2.45) is 5.92 Å². The SMILES string of the molecule is O=C(NNC(=O)C1CCC1)c1csc(N2CCOCC2)n1. The summed E-state index contributed by atoms with van der Waals surface area (Å²) in [7, 11) is 0. The van der Waals surface area contributed by atoms with E-state index in [0.29, 0.717) is 18.9 Å². The van der Waals surface area contributed by atoms with E-state index < -0.39 is 0 Å². The molecular weight excluding hydrogens is 292 g/mol. The number of aromatic nitrogens is 1. The van der Waals surface area contributed by atoms with E-state index >= 15 is 0 Å². The van der Waals surface area contributed by atoms with Gasteiger partial charge in [-0.2, -0.15) is 0 Å². The average molecular weight is 310 g/mol. The van der Waals surface area contributed by atoms with Crippen LogP contribution in [0.4, 0.5) is 5.13 Å². The van der Waals surface area contributed by atoms with E-state index in [1.807, 2.05) is 0 Å². The zero-order chi connectivity index (χ0) is 14.7. The van der Waals surface area contributed by atoms with Crippen molar-refractivity contribution in [3.63, 3.8) is 0 Å². The van der Waals surface area contributed by atoms with E-state index in [2.05, 4.69) is 20.7 Å². The lowest BCUT2D eigenvalue weighted by atomic mass is 9.85. The normalized spacial score (nSPS) is 19.0. The lowest BCUT2D eigenvalue weighted by Gasteiger charge is -2.26. The summed E-state index contributed by atoms with van der Waals surface area (Å²) in [6, 6.07) is 0. The van der Waals surface area contributed by atoms with Gasteiger partial charge in [-0.1, -0.05) is 6.42 Å². The van der Waals surface area contributed by atoms with Crippen molar-refractivity contribution >= 4 is 28.3 Å². The number of hydrogen-bond donors (Lipinski definition) is 2. The molecule has 0 unspecified atom stereocenters. The summed E-state index contributed by atoms with van der Waals surface area (Å²) in [5, 5.41) is 2.52. The molecule has 3 rings (SSSR count). The first-order valence-corrected chi connectivity index (χ1v) is 8.00. The van der Waals surface area contributed by atoms with Crippen LogP contribution in [-0.4, -0.2) is 43.1 Å². The molecule has 21 heavy (non-hydrogen) atoms. The van der Waals surface area contributed by atoms with Crippen molar-refractivity contribution in [2.75, 3.05) is 31.2 Å². The maximum atomic E-state index is 11.9. The number of nitrogens with one attached hydrogen (secondary N) is 2. The Bertz CT molecular complexity index is 523. The molecule has 1 aromatic rings. The van der Waals surface area contributed by atoms with Crippen molar-refractivity contribution in [2.45, 2.75) is 19.3 Å². The number of anilines is 1. The monoisotopic (exact) mass is 310 g/mol. The fraction of sp³-hybridized carbons (Fsp3) is 0.615. The molecule has 114 valence electrons. The number of rotatable bonds is 3. The van der Waals surface area contributed by atoms with Gasteiger partial charge in [0.05, 0.1) is 13.2 Å². The van der Waals surface area contributed by atoms with E-state index in [9.17, 15) is 9.59 Å². The van der Waals surface area contributed by atoms with E-state index in [1.165, 1.54) is 11.3 Å². The molecule has 2 amide bonds. The number of morpholine rings is 1. The van der Waals surface area contributed by atoms with Crippen molar-refractivity contribution in [3.05, 3.63) is 11.1 Å². The zero-order valence-electron chi connectivity index (χ0n) is 11.6. The molecule has 7 nitrogen and oxygen atoms in total. The number of carbonyl (C=O) groups is 2. The third-order valence-corrected chi connectivity index (χ3v) is 4.68. The van der Waals surface area contributed by atoms with Crippen LogP contribution in [0.3, 0.4) is 0 Å². The Balaban J connectivity index is 1.52. The molecule has 2 fully saturated rings. The maximum absolute atomic E-state index is 11.9. The van der Waals surface area contributed by atoms with Gasteiger partial charge in [0, 0.05) is 24.4 Å². The molecule has 1 saturated heterocycles. The van der Waals surface area contributed by atoms with Gasteiger partial charge in [-0.05, 0) is 12.8 Å². The summed E-state index contributed by atoms with van der Waals surface area (Å²) in [6.07, 6.45) is 2.89. The van der Waals surface area contributed by atoms with Crippen LogP contribution in [0, 0.1) is 5.92 Å². The molecule has 1 aliphatic heterocycles. The van der Waals surface area contributed by atoms with E-state index in [4.69, 9.17) is 4.74 Å². The summed E-state index contributed by atoms with van der Waals surface area (Å²) in [5.74, 6) is -0.443. The quantitative estimate of drug-likeness (QED) is 0.796.